The molecule has 1 fully saturated rings. The first kappa shape index (κ1) is 21.3. The van der Waals surface area contributed by atoms with Crippen molar-refractivity contribution in [2.75, 3.05) is 45.1 Å². The molecule has 28 heavy (non-hydrogen) atoms. The van der Waals surface area contributed by atoms with E-state index in [4.69, 9.17) is 23.2 Å². The van der Waals surface area contributed by atoms with Crippen molar-refractivity contribution < 1.29 is 13.5 Å². The maximum atomic E-state index is 12.7. The van der Waals surface area contributed by atoms with E-state index in [1.807, 2.05) is 7.05 Å². The molecular formula is C18H22Cl2N4O3S. The van der Waals surface area contributed by atoms with Crippen LogP contribution in [0.3, 0.4) is 0 Å². The normalized spacial score (nSPS) is 17.4. The fraction of sp³-hybridized carbons (Fsp3) is 0.389. The SMILES string of the molecule is CN1CCN(S(=O)(=O)c2ccc(NCC(O)c3c(Cl)cccc3Cl)nc2)CC1. The van der Waals surface area contributed by atoms with Gasteiger partial charge in [-0.15, -0.1) is 0 Å². The van der Waals surface area contributed by atoms with E-state index in [0.717, 1.165) is 0 Å². The van der Waals surface area contributed by atoms with Crippen LogP contribution < -0.4 is 5.32 Å². The topological polar surface area (TPSA) is 85.8 Å². The fourth-order valence-electron chi connectivity index (χ4n) is 2.95. The summed E-state index contributed by atoms with van der Waals surface area (Å²) in [6.07, 6.45) is 0.391. The number of hydrogen-bond donors (Lipinski definition) is 2. The molecule has 0 amide bonds. The number of aliphatic hydroxyl groups is 1. The van der Waals surface area contributed by atoms with Gasteiger partial charge < -0.3 is 15.3 Å². The number of pyridine rings is 1. The van der Waals surface area contributed by atoms with Crippen LogP contribution in [0.15, 0.2) is 41.4 Å². The average molecular weight is 445 g/mol. The molecule has 7 nitrogen and oxygen atoms in total. The number of rotatable bonds is 6. The minimum absolute atomic E-state index is 0.126. The van der Waals surface area contributed by atoms with Crippen LogP contribution in [0.1, 0.15) is 11.7 Å². The number of aromatic nitrogens is 1. The van der Waals surface area contributed by atoms with E-state index < -0.39 is 16.1 Å². The number of anilines is 1. The number of sulfonamides is 1. The van der Waals surface area contributed by atoms with Gasteiger partial charge in [0.25, 0.3) is 0 Å². The Bertz CT molecular complexity index is 897. The Morgan fingerprint density at radius 2 is 1.79 bits per heavy atom. The molecule has 0 spiro atoms. The first-order valence-corrected chi connectivity index (χ1v) is 11.0. The molecule has 1 aromatic heterocycles. The van der Waals surface area contributed by atoms with Gasteiger partial charge in [0.1, 0.15) is 10.7 Å². The zero-order valence-corrected chi connectivity index (χ0v) is 17.7. The first-order chi connectivity index (χ1) is 13.3. The number of nitrogens with zero attached hydrogens (tertiary/aromatic N) is 3. The molecular weight excluding hydrogens is 423 g/mol. The number of benzene rings is 1. The van der Waals surface area contributed by atoms with E-state index in [9.17, 15) is 13.5 Å². The predicted octanol–water partition coefficient (Wildman–Crippen LogP) is 2.47. The molecule has 2 heterocycles. The Morgan fingerprint density at radius 3 is 2.36 bits per heavy atom. The zero-order valence-electron chi connectivity index (χ0n) is 15.3. The highest BCUT2D eigenvalue weighted by atomic mass is 35.5. The Hall–Kier alpha value is -1.42. The second-order valence-corrected chi connectivity index (χ2v) is 9.37. The summed E-state index contributed by atoms with van der Waals surface area (Å²) in [6, 6.07) is 8.10. The van der Waals surface area contributed by atoms with Crippen molar-refractivity contribution in [3.63, 3.8) is 0 Å². The predicted molar refractivity (Wildman–Crippen MR) is 110 cm³/mol. The van der Waals surface area contributed by atoms with Gasteiger partial charge in [0.05, 0.1) is 6.10 Å². The number of hydrogen-bond acceptors (Lipinski definition) is 6. The zero-order chi connectivity index (χ0) is 20.3. The lowest BCUT2D eigenvalue weighted by molar-refractivity contribution is 0.191. The molecule has 10 heteroatoms. The van der Waals surface area contributed by atoms with Crippen LogP contribution in [0.4, 0.5) is 5.82 Å². The number of nitrogens with one attached hydrogen (secondary N) is 1. The third-order valence-corrected chi connectivity index (χ3v) is 7.19. The van der Waals surface area contributed by atoms with Gasteiger partial charge in [-0.3, -0.25) is 0 Å². The van der Waals surface area contributed by atoms with Crippen LogP contribution in [0.25, 0.3) is 0 Å². The maximum absolute atomic E-state index is 12.7. The van der Waals surface area contributed by atoms with Crippen LogP contribution in [0.2, 0.25) is 10.0 Å². The molecule has 3 rings (SSSR count). The molecule has 0 aliphatic carbocycles. The molecule has 1 aliphatic rings. The second-order valence-electron chi connectivity index (χ2n) is 6.62. The second kappa shape index (κ2) is 8.94. The van der Waals surface area contributed by atoms with Gasteiger partial charge in [-0.2, -0.15) is 4.31 Å². The molecule has 2 N–H and O–H groups in total. The molecule has 1 aliphatic heterocycles. The third-order valence-electron chi connectivity index (χ3n) is 4.65. The van der Waals surface area contributed by atoms with Gasteiger partial charge in [-0.1, -0.05) is 29.3 Å². The minimum Gasteiger partial charge on any atom is -0.386 e. The lowest BCUT2D eigenvalue weighted by Crippen LogP contribution is -2.47. The average Bonchev–Trinajstić information content (AvgIpc) is 2.67. The van der Waals surface area contributed by atoms with Crippen molar-refractivity contribution in [1.82, 2.24) is 14.2 Å². The van der Waals surface area contributed by atoms with Crippen molar-refractivity contribution in [1.29, 1.82) is 0 Å². The summed E-state index contributed by atoms with van der Waals surface area (Å²) >= 11 is 12.2. The summed E-state index contributed by atoms with van der Waals surface area (Å²) in [7, 11) is -1.59. The maximum Gasteiger partial charge on any atom is 0.244 e. The van der Waals surface area contributed by atoms with E-state index in [1.165, 1.54) is 16.6 Å². The van der Waals surface area contributed by atoms with Gasteiger partial charge >= 0.3 is 0 Å². The Morgan fingerprint density at radius 1 is 1.14 bits per heavy atom. The van der Waals surface area contributed by atoms with Crippen LogP contribution >= 0.6 is 23.2 Å². The van der Waals surface area contributed by atoms with Crippen LogP contribution in [0, 0.1) is 0 Å². The molecule has 1 saturated heterocycles. The Kier molecular flexibility index (Phi) is 6.80. The summed E-state index contributed by atoms with van der Waals surface area (Å²) < 4.78 is 26.9. The molecule has 1 aromatic carbocycles. The van der Waals surface area contributed by atoms with Crippen LogP contribution in [-0.2, 0) is 10.0 Å². The van der Waals surface area contributed by atoms with E-state index in [2.05, 4.69) is 15.2 Å². The van der Waals surface area contributed by atoms with E-state index in [0.29, 0.717) is 47.6 Å². The minimum atomic E-state index is -3.56. The van der Waals surface area contributed by atoms with Crippen LogP contribution in [0.5, 0.6) is 0 Å². The van der Waals surface area contributed by atoms with Gasteiger partial charge in [0.2, 0.25) is 10.0 Å². The van der Waals surface area contributed by atoms with Crippen molar-refractivity contribution in [3.05, 3.63) is 52.1 Å². The van der Waals surface area contributed by atoms with E-state index >= 15 is 0 Å². The molecule has 1 atom stereocenters. The Labute approximate surface area is 174 Å². The fourth-order valence-corrected chi connectivity index (χ4v) is 4.96. The smallest absolute Gasteiger partial charge is 0.244 e. The standard InChI is InChI=1S/C18H22Cl2N4O3S/c1-23-7-9-24(10-8-23)28(26,27)13-5-6-17(21-11-13)22-12-16(25)18-14(19)3-2-4-15(18)20/h2-6,11,16,25H,7-10,12H2,1H3,(H,21,22). The number of likely N-dealkylation sites (N-methyl/N-ethyl adjacent to an activating group) is 1. The monoisotopic (exact) mass is 444 g/mol. The molecule has 0 bridgehead atoms. The molecule has 2 aromatic rings. The Balaban J connectivity index is 1.64. The quantitative estimate of drug-likeness (QED) is 0.711. The van der Waals surface area contributed by atoms with Crippen LogP contribution in [-0.4, -0.2) is 67.5 Å². The number of halogens is 2. The first-order valence-electron chi connectivity index (χ1n) is 8.79. The summed E-state index contributed by atoms with van der Waals surface area (Å²) in [6.45, 7) is 2.46. The third kappa shape index (κ3) is 4.76. The highest BCUT2D eigenvalue weighted by Crippen LogP contribution is 2.30. The molecule has 1 unspecified atom stereocenters. The van der Waals surface area contributed by atoms with Gasteiger partial charge in [0.15, 0.2) is 0 Å². The molecule has 0 saturated carbocycles. The van der Waals surface area contributed by atoms with Crippen molar-refractivity contribution in [2.24, 2.45) is 0 Å². The summed E-state index contributed by atoms with van der Waals surface area (Å²) in [4.78, 5) is 6.40. The van der Waals surface area contributed by atoms with Crippen molar-refractivity contribution in [3.8, 4) is 0 Å². The lowest BCUT2D eigenvalue weighted by atomic mass is 10.1. The number of aliphatic hydroxyl groups excluding tert-OH is 1. The summed E-state index contributed by atoms with van der Waals surface area (Å²) in [5.41, 5.74) is 0.438. The highest BCUT2D eigenvalue weighted by Gasteiger charge is 2.27. The molecule has 152 valence electrons. The van der Waals surface area contributed by atoms with Crippen molar-refractivity contribution in [2.45, 2.75) is 11.0 Å². The largest absolute Gasteiger partial charge is 0.386 e. The summed E-state index contributed by atoms with van der Waals surface area (Å²) in [5, 5.41) is 14.1. The van der Waals surface area contributed by atoms with Crippen molar-refractivity contribution >= 4 is 39.0 Å². The van der Waals surface area contributed by atoms with Gasteiger partial charge in [-0.25, -0.2) is 13.4 Å². The van der Waals surface area contributed by atoms with Gasteiger partial charge in [0, 0.05) is 54.5 Å². The number of piperazine rings is 1. The summed E-state index contributed by atoms with van der Waals surface area (Å²) in [5.74, 6) is 0.444. The van der Waals surface area contributed by atoms with E-state index in [1.54, 1.807) is 24.3 Å². The molecule has 0 radical (unpaired) electrons. The lowest BCUT2D eigenvalue weighted by Gasteiger charge is -2.31. The van der Waals surface area contributed by atoms with Gasteiger partial charge in [-0.05, 0) is 31.3 Å². The highest BCUT2D eigenvalue weighted by molar-refractivity contribution is 7.89. The van der Waals surface area contributed by atoms with E-state index in [-0.39, 0.29) is 11.4 Å².